The van der Waals surface area contributed by atoms with E-state index in [1.165, 1.54) is 0 Å². The zero-order valence-electron chi connectivity index (χ0n) is 19.3. The van der Waals surface area contributed by atoms with Crippen molar-refractivity contribution in [3.05, 3.63) is 71.7 Å². The van der Waals surface area contributed by atoms with Crippen molar-refractivity contribution in [3.63, 3.8) is 0 Å². The van der Waals surface area contributed by atoms with Crippen LogP contribution in [-0.4, -0.2) is 29.3 Å². The number of aryl methyl sites for hydroxylation is 2. The minimum atomic E-state index is -0.518. The van der Waals surface area contributed by atoms with E-state index >= 15 is 0 Å². The number of aromatic nitrogens is 1. The Labute approximate surface area is 193 Å². The lowest BCUT2D eigenvalue weighted by molar-refractivity contribution is -0.142. The topological polar surface area (TPSA) is 98.5 Å². The van der Waals surface area contributed by atoms with E-state index < -0.39 is 11.4 Å². The van der Waals surface area contributed by atoms with E-state index in [9.17, 15) is 14.4 Å². The fraction of sp³-hybridized carbons (Fsp3) is 0.308. The Kier molecular flexibility index (Phi) is 7.43. The summed E-state index contributed by atoms with van der Waals surface area (Å²) in [6, 6.07) is 14.3. The molecule has 0 aliphatic heterocycles. The summed E-state index contributed by atoms with van der Waals surface area (Å²) in [5.74, 6) is 0.118. The predicted octanol–water partition coefficient (Wildman–Crippen LogP) is 4.99. The average molecular weight is 449 g/mol. The van der Waals surface area contributed by atoms with Gasteiger partial charge in [-0.2, -0.15) is 0 Å². The molecule has 1 aromatic heterocycles. The van der Waals surface area contributed by atoms with Crippen molar-refractivity contribution in [1.82, 2.24) is 4.98 Å². The summed E-state index contributed by atoms with van der Waals surface area (Å²) in [6.07, 6.45) is 1.96. The van der Waals surface area contributed by atoms with E-state index in [1.807, 2.05) is 52.0 Å². The van der Waals surface area contributed by atoms with Crippen molar-refractivity contribution >= 4 is 23.3 Å². The highest BCUT2D eigenvalue weighted by molar-refractivity contribution is 5.99. The standard InChI is InChI=1S/C26H28N2O5/c1-17-5-7-19(8-6-17)22-15-27-23(33-22)13-14-24(30)32-16-21(29)18-9-11-20(12-10-18)28-25(31)26(2,3)4/h5-12,15H,13-14,16H2,1-4H3,(H,28,31). The maximum Gasteiger partial charge on any atom is 0.306 e. The lowest BCUT2D eigenvalue weighted by Crippen LogP contribution is -2.27. The van der Waals surface area contributed by atoms with Gasteiger partial charge in [0.25, 0.3) is 0 Å². The molecule has 7 heteroatoms. The maximum absolute atomic E-state index is 12.3. The van der Waals surface area contributed by atoms with Gasteiger partial charge in [0, 0.05) is 28.7 Å². The van der Waals surface area contributed by atoms with Crippen LogP contribution in [0.5, 0.6) is 0 Å². The van der Waals surface area contributed by atoms with Crippen molar-refractivity contribution in [2.24, 2.45) is 5.41 Å². The van der Waals surface area contributed by atoms with Gasteiger partial charge in [-0.3, -0.25) is 14.4 Å². The first-order chi connectivity index (χ1) is 15.6. The van der Waals surface area contributed by atoms with Crippen molar-refractivity contribution in [2.75, 3.05) is 11.9 Å². The monoisotopic (exact) mass is 448 g/mol. The van der Waals surface area contributed by atoms with Crippen LogP contribution < -0.4 is 5.32 Å². The summed E-state index contributed by atoms with van der Waals surface area (Å²) in [5, 5.41) is 2.79. The quantitative estimate of drug-likeness (QED) is 0.385. The summed E-state index contributed by atoms with van der Waals surface area (Å²) in [5.41, 5.74) is 2.54. The summed E-state index contributed by atoms with van der Waals surface area (Å²) < 4.78 is 10.8. The van der Waals surface area contributed by atoms with Gasteiger partial charge in [-0.05, 0) is 31.2 Å². The fourth-order valence-corrected chi connectivity index (χ4v) is 2.85. The summed E-state index contributed by atoms with van der Waals surface area (Å²) in [4.78, 5) is 40.6. The molecule has 0 aliphatic rings. The number of benzene rings is 2. The minimum absolute atomic E-state index is 0.0545. The molecule has 7 nitrogen and oxygen atoms in total. The average Bonchev–Trinajstić information content (AvgIpc) is 3.25. The van der Waals surface area contributed by atoms with Crippen molar-refractivity contribution in [3.8, 4) is 11.3 Å². The molecule has 1 heterocycles. The van der Waals surface area contributed by atoms with Crippen LogP contribution in [0.4, 0.5) is 5.69 Å². The molecule has 0 unspecified atom stereocenters. The Hall–Kier alpha value is -3.74. The first-order valence-corrected chi connectivity index (χ1v) is 10.7. The highest BCUT2D eigenvalue weighted by Crippen LogP contribution is 2.21. The van der Waals surface area contributed by atoms with Crippen LogP contribution in [0.2, 0.25) is 0 Å². The zero-order chi connectivity index (χ0) is 24.0. The first-order valence-electron chi connectivity index (χ1n) is 10.7. The van der Waals surface area contributed by atoms with Crippen LogP contribution in [0.1, 0.15) is 49.0 Å². The molecule has 3 rings (SSSR count). The van der Waals surface area contributed by atoms with Crippen molar-refractivity contribution in [2.45, 2.75) is 40.5 Å². The molecule has 0 aliphatic carbocycles. The van der Waals surface area contributed by atoms with Gasteiger partial charge >= 0.3 is 5.97 Å². The van der Waals surface area contributed by atoms with Crippen molar-refractivity contribution in [1.29, 1.82) is 0 Å². The Morgan fingerprint density at radius 1 is 1.00 bits per heavy atom. The summed E-state index contributed by atoms with van der Waals surface area (Å²) in [7, 11) is 0. The minimum Gasteiger partial charge on any atom is -0.457 e. The second-order valence-electron chi connectivity index (χ2n) is 8.85. The van der Waals surface area contributed by atoms with Crippen molar-refractivity contribution < 1.29 is 23.5 Å². The third-order valence-electron chi connectivity index (χ3n) is 4.94. The molecule has 33 heavy (non-hydrogen) atoms. The third kappa shape index (κ3) is 6.87. The number of Topliss-reactive ketones (excluding diaryl/α,β-unsaturated/α-hetero) is 1. The lowest BCUT2D eigenvalue weighted by Gasteiger charge is -2.17. The largest absolute Gasteiger partial charge is 0.457 e. The van der Waals surface area contributed by atoms with E-state index in [0.717, 1.165) is 11.1 Å². The molecule has 0 radical (unpaired) electrons. The first kappa shape index (κ1) is 23.9. The van der Waals surface area contributed by atoms with Gasteiger partial charge in [0.05, 0.1) is 12.6 Å². The van der Waals surface area contributed by atoms with Gasteiger partial charge in [-0.1, -0.05) is 50.6 Å². The number of anilines is 1. The highest BCUT2D eigenvalue weighted by Gasteiger charge is 2.21. The van der Waals surface area contributed by atoms with Crippen LogP contribution in [-0.2, 0) is 20.7 Å². The molecule has 172 valence electrons. The number of esters is 1. The number of hydrogen-bond donors (Lipinski definition) is 1. The molecule has 0 saturated carbocycles. The molecular formula is C26H28N2O5. The predicted molar refractivity (Wildman–Crippen MR) is 125 cm³/mol. The molecule has 3 aromatic rings. The van der Waals surface area contributed by atoms with Gasteiger partial charge < -0.3 is 14.5 Å². The van der Waals surface area contributed by atoms with Gasteiger partial charge in [0.15, 0.2) is 24.0 Å². The molecular weight excluding hydrogens is 420 g/mol. The van der Waals surface area contributed by atoms with Crippen LogP contribution >= 0.6 is 0 Å². The zero-order valence-corrected chi connectivity index (χ0v) is 19.3. The van der Waals surface area contributed by atoms with E-state index in [4.69, 9.17) is 9.15 Å². The molecule has 1 amide bonds. The number of carbonyl (C=O) groups excluding carboxylic acids is 3. The molecule has 0 spiro atoms. The van der Waals surface area contributed by atoms with Crippen LogP contribution in [0.15, 0.2) is 59.1 Å². The van der Waals surface area contributed by atoms with Crippen LogP contribution in [0.25, 0.3) is 11.3 Å². The number of ether oxygens (including phenoxy) is 1. The summed E-state index contributed by atoms with van der Waals surface area (Å²) >= 11 is 0. The number of oxazole rings is 1. The van der Waals surface area contributed by atoms with E-state index in [2.05, 4.69) is 10.3 Å². The summed E-state index contributed by atoms with van der Waals surface area (Å²) in [6.45, 7) is 7.11. The number of hydrogen-bond acceptors (Lipinski definition) is 6. The van der Waals surface area contributed by atoms with Gasteiger partial charge in [-0.15, -0.1) is 0 Å². The molecule has 0 atom stereocenters. The number of amides is 1. The molecule has 1 N–H and O–H groups in total. The van der Waals surface area contributed by atoms with Gasteiger partial charge in [0.2, 0.25) is 5.91 Å². The molecule has 0 fully saturated rings. The SMILES string of the molecule is Cc1ccc(-c2cnc(CCC(=O)OCC(=O)c3ccc(NC(=O)C(C)(C)C)cc3)o2)cc1. The van der Waals surface area contributed by atoms with Gasteiger partial charge in [-0.25, -0.2) is 4.98 Å². The van der Waals surface area contributed by atoms with E-state index in [1.54, 1.807) is 30.5 Å². The van der Waals surface area contributed by atoms with E-state index in [-0.39, 0.29) is 31.1 Å². The molecule has 2 aromatic carbocycles. The Morgan fingerprint density at radius 2 is 1.67 bits per heavy atom. The lowest BCUT2D eigenvalue weighted by atomic mass is 9.95. The number of rotatable bonds is 8. The number of nitrogens with zero attached hydrogens (tertiary/aromatic N) is 1. The molecule has 0 saturated heterocycles. The highest BCUT2D eigenvalue weighted by atomic mass is 16.5. The Balaban J connectivity index is 1.44. The number of nitrogens with one attached hydrogen (secondary N) is 1. The number of ketones is 1. The van der Waals surface area contributed by atoms with Gasteiger partial charge in [0.1, 0.15) is 0 Å². The van der Waals surface area contributed by atoms with E-state index in [0.29, 0.717) is 22.9 Å². The second kappa shape index (κ2) is 10.3. The normalized spacial score (nSPS) is 11.2. The maximum atomic E-state index is 12.3. The third-order valence-corrected chi connectivity index (χ3v) is 4.94. The second-order valence-corrected chi connectivity index (χ2v) is 8.85. The Bertz CT molecular complexity index is 1120. The smallest absolute Gasteiger partial charge is 0.306 e. The number of carbonyl (C=O) groups is 3. The van der Waals surface area contributed by atoms with Crippen LogP contribution in [0, 0.1) is 12.3 Å². The van der Waals surface area contributed by atoms with Crippen LogP contribution in [0.3, 0.4) is 0 Å². The Morgan fingerprint density at radius 3 is 2.30 bits per heavy atom. The fourth-order valence-electron chi connectivity index (χ4n) is 2.85. The molecule has 0 bridgehead atoms.